The van der Waals surface area contributed by atoms with Crippen molar-refractivity contribution in [2.24, 2.45) is 0 Å². The van der Waals surface area contributed by atoms with E-state index in [4.69, 9.17) is 0 Å². The van der Waals surface area contributed by atoms with Crippen LogP contribution in [-0.4, -0.2) is 50.5 Å². The standard InChI is InChI=1S/C23H27N5O/c29-11-10-28-15-18(21-5-1-2-6-23(21)28)14-27-9-3-4-20(16-27)25-19-7-8-22-17(12-19)13-24-26-22/h1-2,5-8,12-13,15,20,25,29H,3-4,9-11,14,16H2,(H,24,26)/t20-/m1/s1. The van der Waals surface area contributed by atoms with Crippen molar-refractivity contribution < 1.29 is 5.11 Å². The molecule has 5 rings (SSSR count). The summed E-state index contributed by atoms with van der Waals surface area (Å²) in [5.41, 5.74) is 4.77. The number of para-hydroxylation sites is 1. The predicted molar refractivity (Wildman–Crippen MR) is 117 cm³/mol. The van der Waals surface area contributed by atoms with E-state index in [2.05, 4.69) is 73.6 Å². The molecule has 2 aromatic carbocycles. The molecule has 1 aliphatic rings. The number of aliphatic hydroxyl groups excluding tert-OH is 1. The Bertz CT molecular complexity index is 1110. The van der Waals surface area contributed by atoms with E-state index in [0.717, 1.165) is 36.2 Å². The minimum absolute atomic E-state index is 0.162. The molecule has 0 bridgehead atoms. The molecule has 0 saturated carbocycles. The maximum Gasteiger partial charge on any atom is 0.0651 e. The third-order valence-corrected chi connectivity index (χ3v) is 5.92. The summed E-state index contributed by atoms with van der Waals surface area (Å²) in [6, 6.07) is 15.3. The first kappa shape index (κ1) is 18.2. The average Bonchev–Trinajstić information content (AvgIpc) is 3.34. The molecule has 1 saturated heterocycles. The van der Waals surface area contributed by atoms with E-state index in [9.17, 15) is 5.11 Å². The SMILES string of the molecule is OCCn1cc(CN2CCC[C@@H](Nc3ccc4[nH]ncc4c3)C2)c2ccccc21. The van der Waals surface area contributed by atoms with E-state index in [1.807, 2.05) is 6.20 Å². The maximum absolute atomic E-state index is 9.39. The first-order chi connectivity index (χ1) is 14.3. The second-order valence-corrected chi connectivity index (χ2v) is 7.98. The van der Waals surface area contributed by atoms with Gasteiger partial charge in [0.1, 0.15) is 0 Å². The largest absolute Gasteiger partial charge is 0.395 e. The number of nitrogens with zero attached hydrogens (tertiary/aromatic N) is 3. The first-order valence-corrected chi connectivity index (χ1v) is 10.4. The van der Waals surface area contributed by atoms with Gasteiger partial charge in [-0.25, -0.2) is 0 Å². The monoisotopic (exact) mass is 389 g/mol. The fourth-order valence-electron chi connectivity index (χ4n) is 4.57. The number of nitrogens with one attached hydrogen (secondary N) is 2. The summed E-state index contributed by atoms with van der Waals surface area (Å²) in [5.74, 6) is 0. The molecule has 6 heteroatoms. The molecule has 1 aliphatic heterocycles. The highest BCUT2D eigenvalue weighted by Crippen LogP contribution is 2.25. The lowest BCUT2D eigenvalue weighted by molar-refractivity contribution is 0.209. The Balaban J connectivity index is 1.30. The highest BCUT2D eigenvalue weighted by molar-refractivity contribution is 5.84. The van der Waals surface area contributed by atoms with Crippen molar-refractivity contribution in [1.82, 2.24) is 19.7 Å². The number of aliphatic hydroxyl groups is 1. The van der Waals surface area contributed by atoms with Crippen LogP contribution < -0.4 is 5.32 Å². The average molecular weight is 390 g/mol. The van der Waals surface area contributed by atoms with Gasteiger partial charge in [-0.1, -0.05) is 18.2 Å². The summed E-state index contributed by atoms with van der Waals surface area (Å²) in [6.45, 7) is 3.90. The summed E-state index contributed by atoms with van der Waals surface area (Å²) in [5, 5.41) is 22.7. The van der Waals surface area contributed by atoms with Crippen LogP contribution in [0.15, 0.2) is 54.9 Å². The van der Waals surface area contributed by atoms with Crippen molar-refractivity contribution in [2.45, 2.75) is 32.0 Å². The first-order valence-electron chi connectivity index (χ1n) is 10.4. The van der Waals surface area contributed by atoms with Crippen molar-refractivity contribution in [3.05, 3.63) is 60.4 Å². The number of aromatic amines is 1. The number of anilines is 1. The molecule has 150 valence electrons. The van der Waals surface area contributed by atoms with Crippen LogP contribution in [0.4, 0.5) is 5.69 Å². The van der Waals surface area contributed by atoms with Crippen molar-refractivity contribution in [2.75, 3.05) is 25.0 Å². The Kier molecular flexibility index (Phi) is 4.96. The van der Waals surface area contributed by atoms with Crippen molar-refractivity contribution in [1.29, 1.82) is 0 Å². The summed E-state index contributed by atoms with van der Waals surface area (Å²) in [4.78, 5) is 2.54. The van der Waals surface area contributed by atoms with Gasteiger partial charge in [0.15, 0.2) is 0 Å². The minimum atomic E-state index is 0.162. The zero-order chi connectivity index (χ0) is 19.6. The molecule has 4 aromatic rings. The van der Waals surface area contributed by atoms with Gasteiger partial charge in [-0.05, 0) is 49.2 Å². The number of aromatic nitrogens is 3. The summed E-state index contributed by atoms with van der Waals surface area (Å²) in [6.07, 6.45) is 6.47. The van der Waals surface area contributed by atoms with Crippen LogP contribution in [0.3, 0.4) is 0 Å². The Hall–Kier alpha value is -2.83. The second-order valence-electron chi connectivity index (χ2n) is 7.98. The van der Waals surface area contributed by atoms with Gasteiger partial charge in [0.2, 0.25) is 0 Å². The number of hydrogen-bond acceptors (Lipinski definition) is 4. The number of hydrogen-bond donors (Lipinski definition) is 3. The minimum Gasteiger partial charge on any atom is -0.395 e. The van der Waals surface area contributed by atoms with Gasteiger partial charge in [0, 0.05) is 53.8 Å². The molecular weight excluding hydrogens is 362 g/mol. The molecule has 6 nitrogen and oxygen atoms in total. The van der Waals surface area contributed by atoms with Crippen molar-refractivity contribution in [3.63, 3.8) is 0 Å². The highest BCUT2D eigenvalue weighted by atomic mass is 16.3. The molecule has 3 N–H and O–H groups in total. The van der Waals surface area contributed by atoms with Gasteiger partial charge >= 0.3 is 0 Å². The van der Waals surface area contributed by atoms with E-state index < -0.39 is 0 Å². The van der Waals surface area contributed by atoms with Crippen LogP contribution in [0, 0.1) is 0 Å². The Morgan fingerprint density at radius 1 is 1.21 bits per heavy atom. The second kappa shape index (κ2) is 7.89. The molecular formula is C23H27N5O. The van der Waals surface area contributed by atoms with Crippen LogP contribution in [-0.2, 0) is 13.1 Å². The highest BCUT2D eigenvalue weighted by Gasteiger charge is 2.21. The Labute approximate surface area is 170 Å². The summed E-state index contributed by atoms with van der Waals surface area (Å²) >= 11 is 0. The number of rotatable bonds is 6. The fourth-order valence-corrected chi connectivity index (χ4v) is 4.57. The molecule has 3 heterocycles. The molecule has 1 atom stereocenters. The lowest BCUT2D eigenvalue weighted by Crippen LogP contribution is -2.41. The number of likely N-dealkylation sites (tertiary alicyclic amines) is 1. The van der Waals surface area contributed by atoms with Gasteiger partial charge in [0.05, 0.1) is 18.3 Å². The van der Waals surface area contributed by atoms with Crippen LogP contribution in [0.25, 0.3) is 21.8 Å². The van der Waals surface area contributed by atoms with Crippen LogP contribution >= 0.6 is 0 Å². The van der Waals surface area contributed by atoms with Gasteiger partial charge in [0.25, 0.3) is 0 Å². The zero-order valence-corrected chi connectivity index (χ0v) is 16.5. The quantitative estimate of drug-likeness (QED) is 0.471. The van der Waals surface area contributed by atoms with Crippen molar-refractivity contribution >= 4 is 27.5 Å². The number of piperidine rings is 1. The van der Waals surface area contributed by atoms with Gasteiger partial charge in [-0.3, -0.25) is 10.00 Å². The Morgan fingerprint density at radius 3 is 3.07 bits per heavy atom. The van der Waals surface area contributed by atoms with Crippen LogP contribution in [0.5, 0.6) is 0 Å². The predicted octanol–water partition coefficient (Wildman–Crippen LogP) is 3.59. The molecule has 0 radical (unpaired) electrons. The fraction of sp³-hybridized carbons (Fsp3) is 0.348. The lowest BCUT2D eigenvalue weighted by atomic mass is 10.0. The van der Waals surface area contributed by atoms with Crippen molar-refractivity contribution in [3.8, 4) is 0 Å². The Morgan fingerprint density at radius 2 is 2.14 bits per heavy atom. The topological polar surface area (TPSA) is 69.1 Å². The van der Waals surface area contributed by atoms with E-state index in [-0.39, 0.29) is 6.61 Å². The van der Waals surface area contributed by atoms with Crippen LogP contribution in [0.1, 0.15) is 18.4 Å². The number of fused-ring (bicyclic) bond motifs is 2. The van der Waals surface area contributed by atoms with E-state index >= 15 is 0 Å². The molecule has 29 heavy (non-hydrogen) atoms. The molecule has 1 fully saturated rings. The van der Waals surface area contributed by atoms with Gasteiger partial charge < -0.3 is 15.0 Å². The zero-order valence-electron chi connectivity index (χ0n) is 16.5. The lowest BCUT2D eigenvalue weighted by Gasteiger charge is -2.33. The van der Waals surface area contributed by atoms with E-state index in [0.29, 0.717) is 12.6 Å². The maximum atomic E-state index is 9.39. The third kappa shape index (κ3) is 3.73. The molecule has 0 spiro atoms. The number of benzene rings is 2. The summed E-state index contributed by atoms with van der Waals surface area (Å²) < 4.78 is 2.17. The molecule has 0 aliphatic carbocycles. The molecule has 2 aromatic heterocycles. The third-order valence-electron chi connectivity index (χ3n) is 5.92. The van der Waals surface area contributed by atoms with Gasteiger partial charge in [-0.2, -0.15) is 5.10 Å². The smallest absolute Gasteiger partial charge is 0.0651 e. The van der Waals surface area contributed by atoms with Crippen LogP contribution in [0.2, 0.25) is 0 Å². The molecule has 0 amide bonds. The van der Waals surface area contributed by atoms with E-state index in [1.165, 1.54) is 29.3 Å². The van der Waals surface area contributed by atoms with Gasteiger partial charge in [-0.15, -0.1) is 0 Å². The van der Waals surface area contributed by atoms with E-state index in [1.54, 1.807) is 0 Å². The number of H-pyrrole nitrogens is 1. The molecule has 0 unspecified atom stereocenters. The normalized spacial score (nSPS) is 17.9. The summed E-state index contributed by atoms with van der Waals surface area (Å²) in [7, 11) is 0.